The molecule has 1 atom stereocenters. The van der Waals surface area contributed by atoms with Gasteiger partial charge in [-0.25, -0.2) is 8.42 Å². The Morgan fingerprint density at radius 3 is 2.72 bits per heavy atom. The van der Waals surface area contributed by atoms with E-state index in [2.05, 4.69) is 5.32 Å². The van der Waals surface area contributed by atoms with Crippen LogP contribution < -0.4 is 10.1 Å². The fourth-order valence-corrected chi connectivity index (χ4v) is 2.32. The van der Waals surface area contributed by atoms with Gasteiger partial charge in [0.25, 0.3) is 0 Å². The first-order valence-corrected chi connectivity index (χ1v) is 7.88. The van der Waals surface area contributed by atoms with Gasteiger partial charge in [0.05, 0.1) is 12.9 Å². The Morgan fingerprint density at radius 2 is 2.11 bits per heavy atom. The monoisotopic (exact) mass is 271 g/mol. The summed E-state index contributed by atoms with van der Waals surface area (Å²) in [5.41, 5.74) is 1.09. The van der Waals surface area contributed by atoms with Crippen molar-refractivity contribution in [3.63, 3.8) is 0 Å². The molecule has 1 aromatic rings. The van der Waals surface area contributed by atoms with Crippen molar-refractivity contribution >= 4 is 9.84 Å². The molecule has 0 unspecified atom stereocenters. The Bertz CT molecular complexity index is 471. The first kappa shape index (κ1) is 15.0. The lowest BCUT2D eigenvalue weighted by Crippen LogP contribution is -2.26. The molecule has 1 aromatic carbocycles. The van der Waals surface area contributed by atoms with E-state index in [9.17, 15) is 8.42 Å². The minimum absolute atomic E-state index is 0.104. The molecule has 0 amide bonds. The molecule has 0 spiro atoms. The van der Waals surface area contributed by atoms with Crippen LogP contribution in [-0.4, -0.2) is 33.6 Å². The average molecular weight is 271 g/mol. The van der Waals surface area contributed by atoms with Crippen molar-refractivity contribution in [2.24, 2.45) is 0 Å². The summed E-state index contributed by atoms with van der Waals surface area (Å²) in [4.78, 5) is 0. The molecule has 0 fully saturated rings. The Balaban J connectivity index is 2.52. The van der Waals surface area contributed by atoms with Gasteiger partial charge in [0.1, 0.15) is 5.75 Å². The Kier molecular flexibility index (Phi) is 5.62. The van der Waals surface area contributed by atoms with E-state index in [1.54, 1.807) is 14.0 Å². The predicted molar refractivity (Wildman–Crippen MR) is 73.7 cm³/mol. The third kappa shape index (κ3) is 4.66. The largest absolute Gasteiger partial charge is 0.497 e. The number of ether oxygens (including phenoxy) is 1. The highest BCUT2D eigenvalue weighted by Crippen LogP contribution is 2.18. The Hall–Kier alpha value is -1.07. The fourth-order valence-electron chi connectivity index (χ4n) is 1.60. The maximum absolute atomic E-state index is 11.4. The van der Waals surface area contributed by atoms with Gasteiger partial charge in [0.2, 0.25) is 0 Å². The quantitative estimate of drug-likeness (QED) is 0.821. The SMILES string of the molecule is CCS(=O)(=O)CCN[C@@H](C)c1cccc(OC)c1. The molecule has 1 rings (SSSR count). The van der Waals surface area contributed by atoms with E-state index in [0.29, 0.717) is 6.54 Å². The topological polar surface area (TPSA) is 55.4 Å². The van der Waals surface area contributed by atoms with Gasteiger partial charge in [0, 0.05) is 18.3 Å². The summed E-state index contributed by atoms with van der Waals surface area (Å²) in [6, 6.07) is 7.86. The minimum atomic E-state index is -2.90. The molecule has 0 aromatic heterocycles. The lowest BCUT2D eigenvalue weighted by Gasteiger charge is -2.15. The van der Waals surface area contributed by atoms with E-state index in [4.69, 9.17) is 4.74 Å². The standard InChI is InChI=1S/C13H21NO3S/c1-4-18(15,16)9-8-14-11(2)12-6-5-7-13(10-12)17-3/h5-7,10-11,14H,4,8-9H2,1-3H3/t11-/m0/s1. The second-order valence-electron chi connectivity index (χ2n) is 4.19. The summed E-state index contributed by atoms with van der Waals surface area (Å²) >= 11 is 0. The van der Waals surface area contributed by atoms with E-state index in [1.165, 1.54) is 0 Å². The van der Waals surface area contributed by atoms with Crippen molar-refractivity contribution in [3.05, 3.63) is 29.8 Å². The van der Waals surface area contributed by atoms with Crippen molar-refractivity contribution in [2.45, 2.75) is 19.9 Å². The molecule has 0 bridgehead atoms. The lowest BCUT2D eigenvalue weighted by molar-refractivity contribution is 0.413. The molecular formula is C13H21NO3S. The molecule has 4 nitrogen and oxygen atoms in total. The van der Waals surface area contributed by atoms with Crippen LogP contribution in [0.3, 0.4) is 0 Å². The van der Waals surface area contributed by atoms with Crippen LogP contribution in [0.2, 0.25) is 0 Å². The first-order chi connectivity index (χ1) is 8.48. The van der Waals surface area contributed by atoms with Crippen LogP contribution >= 0.6 is 0 Å². The number of benzene rings is 1. The van der Waals surface area contributed by atoms with Gasteiger partial charge in [-0.1, -0.05) is 19.1 Å². The van der Waals surface area contributed by atoms with E-state index in [-0.39, 0.29) is 17.5 Å². The molecule has 0 aliphatic heterocycles. The second-order valence-corrected chi connectivity index (χ2v) is 6.66. The van der Waals surface area contributed by atoms with Crippen molar-refractivity contribution in [3.8, 4) is 5.75 Å². The fraction of sp³-hybridized carbons (Fsp3) is 0.538. The number of hydrogen-bond donors (Lipinski definition) is 1. The third-order valence-corrected chi connectivity index (χ3v) is 4.60. The van der Waals surface area contributed by atoms with E-state index < -0.39 is 9.84 Å². The van der Waals surface area contributed by atoms with Crippen LogP contribution in [-0.2, 0) is 9.84 Å². The first-order valence-electron chi connectivity index (χ1n) is 6.06. The van der Waals surface area contributed by atoms with E-state index >= 15 is 0 Å². The van der Waals surface area contributed by atoms with E-state index in [1.807, 2.05) is 31.2 Å². The Morgan fingerprint density at radius 1 is 1.39 bits per heavy atom. The van der Waals surface area contributed by atoms with Crippen molar-refractivity contribution in [2.75, 3.05) is 25.2 Å². The van der Waals surface area contributed by atoms with Crippen molar-refractivity contribution in [1.82, 2.24) is 5.32 Å². The molecule has 0 saturated heterocycles. The molecule has 5 heteroatoms. The highest BCUT2D eigenvalue weighted by molar-refractivity contribution is 7.91. The zero-order chi connectivity index (χ0) is 13.6. The van der Waals surface area contributed by atoms with Gasteiger partial charge < -0.3 is 10.1 Å². The normalized spacial score (nSPS) is 13.3. The molecule has 18 heavy (non-hydrogen) atoms. The summed E-state index contributed by atoms with van der Waals surface area (Å²) in [6.45, 7) is 4.14. The number of nitrogens with one attached hydrogen (secondary N) is 1. The lowest BCUT2D eigenvalue weighted by atomic mass is 10.1. The summed E-state index contributed by atoms with van der Waals surface area (Å²) < 4.78 is 27.9. The second kappa shape index (κ2) is 6.75. The van der Waals surface area contributed by atoms with Crippen LogP contribution in [0.4, 0.5) is 0 Å². The zero-order valence-corrected chi connectivity index (χ0v) is 12.0. The van der Waals surface area contributed by atoms with Gasteiger partial charge >= 0.3 is 0 Å². The van der Waals surface area contributed by atoms with Crippen LogP contribution in [0.5, 0.6) is 5.75 Å². The van der Waals surface area contributed by atoms with Crippen LogP contribution in [0.15, 0.2) is 24.3 Å². The number of hydrogen-bond acceptors (Lipinski definition) is 4. The van der Waals surface area contributed by atoms with Gasteiger partial charge in [-0.3, -0.25) is 0 Å². The van der Waals surface area contributed by atoms with Gasteiger partial charge in [-0.2, -0.15) is 0 Å². The Labute approximate surface area is 109 Å². The molecular weight excluding hydrogens is 250 g/mol. The minimum Gasteiger partial charge on any atom is -0.497 e. The van der Waals surface area contributed by atoms with Crippen molar-refractivity contribution in [1.29, 1.82) is 0 Å². The molecule has 0 aliphatic rings. The number of methoxy groups -OCH3 is 1. The number of rotatable bonds is 7. The summed E-state index contributed by atoms with van der Waals surface area (Å²) in [5.74, 6) is 1.18. The van der Waals surface area contributed by atoms with Gasteiger partial charge in [-0.05, 0) is 24.6 Å². The maximum Gasteiger partial charge on any atom is 0.151 e. The van der Waals surface area contributed by atoms with Gasteiger partial charge in [0.15, 0.2) is 9.84 Å². The van der Waals surface area contributed by atoms with Crippen LogP contribution in [0.25, 0.3) is 0 Å². The maximum atomic E-state index is 11.4. The highest BCUT2D eigenvalue weighted by Gasteiger charge is 2.09. The smallest absolute Gasteiger partial charge is 0.151 e. The van der Waals surface area contributed by atoms with Crippen molar-refractivity contribution < 1.29 is 13.2 Å². The molecule has 0 heterocycles. The average Bonchev–Trinajstić information content (AvgIpc) is 2.38. The van der Waals surface area contributed by atoms with E-state index in [0.717, 1.165) is 11.3 Å². The molecule has 102 valence electrons. The molecule has 0 aliphatic carbocycles. The predicted octanol–water partition coefficient (Wildman–Crippen LogP) is 1.78. The summed E-state index contributed by atoms with van der Waals surface area (Å²) in [7, 11) is -1.27. The molecule has 1 N–H and O–H groups in total. The third-order valence-electron chi connectivity index (χ3n) is 2.90. The highest BCUT2D eigenvalue weighted by atomic mass is 32.2. The van der Waals surface area contributed by atoms with Gasteiger partial charge in [-0.15, -0.1) is 0 Å². The van der Waals surface area contributed by atoms with Crippen LogP contribution in [0, 0.1) is 0 Å². The summed E-state index contributed by atoms with van der Waals surface area (Å²) in [5, 5.41) is 3.21. The molecule has 0 saturated carbocycles. The number of sulfone groups is 1. The zero-order valence-electron chi connectivity index (χ0n) is 11.1. The van der Waals surface area contributed by atoms with Crippen LogP contribution in [0.1, 0.15) is 25.5 Å². The molecule has 0 radical (unpaired) electrons. The summed E-state index contributed by atoms with van der Waals surface area (Å²) in [6.07, 6.45) is 0.